The van der Waals surface area contributed by atoms with Crippen LogP contribution in [0.25, 0.3) is 11.1 Å². The number of hydrogen-bond acceptors (Lipinski definition) is 3. The number of rotatable bonds is 7. The van der Waals surface area contributed by atoms with E-state index in [2.05, 4.69) is 18.1 Å². The predicted octanol–water partition coefficient (Wildman–Crippen LogP) is 4.01. The third-order valence-corrected chi connectivity index (χ3v) is 3.52. The first-order valence-corrected chi connectivity index (χ1v) is 7.39. The van der Waals surface area contributed by atoms with Gasteiger partial charge in [0.05, 0.1) is 24.9 Å². The van der Waals surface area contributed by atoms with E-state index in [9.17, 15) is 0 Å². The second-order valence-corrected chi connectivity index (χ2v) is 5.08. The van der Waals surface area contributed by atoms with Crippen molar-refractivity contribution in [3.63, 3.8) is 0 Å². The Morgan fingerprint density at radius 1 is 1.29 bits per heavy atom. The van der Waals surface area contributed by atoms with Gasteiger partial charge in [0.25, 0.3) is 0 Å². The van der Waals surface area contributed by atoms with Crippen LogP contribution in [0.4, 0.5) is 0 Å². The highest BCUT2D eigenvalue weighted by molar-refractivity contribution is 5.70. The average Bonchev–Trinajstić information content (AvgIpc) is 2.99. The lowest BCUT2D eigenvalue weighted by Gasteiger charge is -2.06. The Kier molecular flexibility index (Phi) is 5.39. The minimum atomic E-state index is 0.600. The molecule has 0 aliphatic rings. The molecule has 1 aromatic carbocycles. The van der Waals surface area contributed by atoms with Crippen LogP contribution >= 0.6 is 0 Å². The fourth-order valence-electron chi connectivity index (χ4n) is 2.32. The summed E-state index contributed by atoms with van der Waals surface area (Å²) in [7, 11) is 1.62. The Labute approximate surface area is 126 Å². The second-order valence-electron chi connectivity index (χ2n) is 5.08. The molecule has 1 heterocycles. The Balaban J connectivity index is 2.12. The molecule has 110 valence electrons. The lowest BCUT2D eigenvalue weighted by Crippen LogP contribution is -1.97. The van der Waals surface area contributed by atoms with E-state index in [0.717, 1.165) is 24.1 Å². The topological polar surface area (TPSA) is 50.8 Å². The van der Waals surface area contributed by atoms with Gasteiger partial charge in [-0.1, -0.05) is 26.2 Å². The molecular weight excluding hydrogens is 262 g/mol. The maximum atomic E-state index is 8.94. The highest BCUT2D eigenvalue weighted by Gasteiger charge is 2.09. The Morgan fingerprint density at radius 3 is 2.86 bits per heavy atom. The molecular formula is C17H21N3O. The summed E-state index contributed by atoms with van der Waals surface area (Å²) >= 11 is 0. The van der Waals surface area contributed by atoms with Gasteiger partial charge in [-0.05, 0) is 24.6 Å². The van der Waals surface area contributed by atoms with Crippen molar-refractivity contribution in [2.45, 2.75) is 39.2 Å². The van der Waals surface area contributed by atoms with Gasteiger partial charge >= 0.3 is 0 Å². The lowest BCUT2D eigenvalue weighted by molar-refractivity contribution is 0.416. The van der Waals surface area contributed by atoms with Crippen LogP contribution in [0.15, 0.2) is 30.6 Å². The van der Waals surface area contributed by atoms with Gasteiger partial charge in [-0.3, -0.25) is 4.68 Å². The van der Waals surface area contributed by atoms with Crippen molar-refractivity contribution in [3.8, 4) is 22.9 Å². The number of nitriles is 1. The van der Waals surface area contributed by atoms with Crippen LogP contribution in [0.1, 0.15) is 38.2 Å². The quantitative estimate of drug-likeness (QED) is 0.721. The number of methoxy groups -OCH3 is 1. The molecule has 0 N–H and O–H groups in total. The molecule has 0 fully saturated rings. The third kappa shape index (κ3) is 3.85. The van der Waals surface area contributed by atoms with Crippen LogP contribution in [-0.4, -0.2) is 16.9 Å². The summed E-state index contributed by atoms with van der Waals surface area (Å²) in [5.74, 6) is 0.708. The molecule has 2 aromatic rings. The van der Waals surface area contributed by atoms with Crippen LogP contribution in [0.2, 0.25) is 0 Å². The van der Waals surface area contributed by atoms with Crippen molar-refractivity contribution in [1.29, 1.82) is 5.26 Å². The fourth-order valence-corrected chi connectivity index (χ4v) is 2.32. The van der Waals surface area contributed by atoms with Gasteiger partial charge in [0, 0.05) is 23.9 Å². The summed E-state index contributed by atoms with van der Waals surface area (Å²) in [6.45, 7) is 3.15. The first kappa shape index (κ1) is 15.1. The number of ether oxygens (including phenoxy) is 1. The van der Waals surface area contributed by atoms with Gasteiger partial charge in [0.1, 0.15) is 5.75 Å². The number of aromatic nitrogens is 2. The first-order valence-electron chi connectivity index (χ1n) is 7.39. The van der Waals surface area contributed by atoms with Crippen LogP contribution in [0.3, 0.4) is 0 Å². The molecule has 1 aromatic heterocycles. The fraction of sp³-hybridized carbons (Fsp3) is 0.412. The molecule has 0 amide bonds. The zero-order valence-corrected chi connectivity index (χ0v) is 12.7. The summed E-state index contributed by atoms with van der Waals surface area (Å²) in [5, 5.41) is 13.3. The lowest BCUT2D eigenvalue weighted by atomic mass is 10.1. The van der Waals surface area contributed by atoms with Crippen LogP contribution in [0.5, 0.6) is 5.75 Å². The molecule has 0 saturated carbocycles. The maximum Gasteiger partial charge on any atom is 0.128 e. The number of nitrogens with zero attached hydrogens (tertiary/aromatic N) is 3. The van der Waals surface area contributed by atoms with E-state index in [1.165, 1.54) is 19.3 Å². The van der Waals surface area contributed by atoms with Crippen LogP contribution in [0, 0.1) is 11.3 Å². The first-order chi connectivity index (χ1) is 10.3. The standard InChI is InChI=1S/C17H21N3O/c1-3-4-5-6-9-20-13-15(12-19-20)16-8-7-14(11-18)10-17(16)21-2/h7-8,10,12-13H,3-6,9H2,1-2H3. The number of benzene rings is 1. The van der Waals surface area contributed by atoms with E-state index in [-0.39, 0.29) is 0 Å². The molecule has 21 heavy (non-hydrogen) atoms. The van der Waals surface area contributed by atoms with Gasteiger partial charge in [-0.25, -0.2) is 0 Å². The molecule has 0 bridgehead atoms. The molecule has 2 rings (SSSR count). The minimum absolute atomic E-state index is 0.600. The van der Waals surface area contributed by atoms with Gasteiger partial charge in [0.2, 0.25) is 0 Å². The predicted molar refractivity (Wildman–Crippen MR) is 83.1 cm³/mol. The number of hydrogen-bond donors (Lipinski definition) is 0. The second kappa shape index (κ2) is 7.49. The highest BCUT2D eigenvalue weighted by atomic mass is 16.5. The van der Waals surface area contributed by atoms with Gasteiger partial charge < -0.3 is 4.74 Å². The van der Waals surface area contributed by atoms with Crippen molar-refractivity contribution < 1.29 is 4.74 Å². The summed E-state index contributed by atoms with van der Waals surface area (Å²) in [6, 6.07) is 7.60. The Morgan fingerprint density at radius 2 is 2.14 bits per heavy atom. The molecule has 0 saturated heterocycles. The molecule has 0 radical (unpaired) electrons. The van der Waals surface area contributed by atoms with Crippen molar-refractivity contribution in [2.75, 3.05) is 7.11 Å². The summed E-state index contributed by atoms with van der Waals surface area (Å²) < 4.78 is 7.35. The van der Waals surface area contributed by atoms with Crippen molar-refractivity contribution in [3.05, 3.63) is 36.2 Å². The van der Waals surface area contributed by atoms with Gasteiger partial charge in [-0.15, -0.1) is 0 Å². The molecule has 0 atom stereocenters. The molecule has 0 aliphatic heterocycles. The SMILES string of the molecule is CCCCCCn1cc(-c2ccc(C#N)cc2OC)cn1. The molecule has 4 nitrogen and oxygen atoms in total. The van der Waals surface area contributed by atoms with Crippen molar-refractivity contribution >= 4 is 0 Å². The molecule has 0 unspecified atom stereocenters. The van der Waals surface area contributed by atoms with Crippen LogP contribution < -0.4 is 4.74 Å². The van der Waals surface area contributed by atoms with Crippen LogP contribution in [-0.2, 0) is 6.54 Å². The summed E-state index contributed by atoms with van der Waals surface area (Å²) in [4.78, 5) is 0. The van der Waals surface area contributed by atoms with E-state index in [4.69, 9.17) is 10.00 Å². The van der Waals surface area contributed by atoms with Crippen molar-refractivity contribution in [2.24, 2.45) is 0 Å². The summed E-state index contributed by atoms with van der Waals surface area (Å²) in [6.07, 6.45) is 8.80. The molecule has 4 heteroatoms. The normalized spacial score (nSPS) is 10.3. The van der Waals surface area contributed by atoms with Gasteiger partial charge in [-0.2, -0.15) is 10.4 Å². The zero-order valence-electron chi connectivity index (χ0n) is 12.7. The molecule has 0 spiro atoms. The summed E-state index contributed by atoms with van der Waals surface area (Å²) in [5.41, 5.74) is 2.59. The highest BCUT2D eigenvalue weighted by Crippen LogP contribution is 2.30. The number of aryl methyl sites for hydroxylation is 1. The van der Waals surface area contributed by atoms with E-state index in [0.29, 0.717) is 11.3 Å². The number of unbranched alkanes of at least 4 members (excludes halogenated alkanes) is 3. The van der Waals surface area contributed by atoms with Gasteiger partial charge in [0.15, 0.2) is 0 Å². The maximum absolute atomic E-state index is 8.94. The zero-order chi connectivity index (χ0) is 15.1. The Hall–Kier alpha value is -2.28. The monoisotopic (exact) mass is 283 g/mol. The van der Waals surface area contributed by atoms with E-state index in [1.54, 1.807) is 19.2 Å². The van der Waals surface area contributed by atoms with Crippen molar-refractivity contribution in [1.82, 2.24) is 9.78 Å². The van der Waals surface area contributed by atoms with E-state index in [1.807, 2.05) is 23.1 Å². The Bertz CT molecular complexity index is 625. The minimum Gasteiger partial charge on any atom is -0.496 e. The van der Waals surface area contributed by atoms with E-state index >= 15 is 0 Å². The van der Waals surface area contributed by atoms with E-state index < -0.39 is 0 Å². The average molecular weight is 283 g/mol. The largest absolute Gasteiger partial charge is 0.496 e. The smallest absolute Gasteiger partial charge is 0.128 e. The third-order valence-electron chi connectivity index (χ3n) is 3.52. The molecule has 0 aliphatic carbocycles.